The fourth-order valence-corrected chi connectivity index (χ4v) is 1.51. The third-order valence-corrected chi connectivity index (χ3v) is 2.30. The van der Waals surface area contributed by atoms with Gasteiger partial charge >= 0.3 is 0 Å². The molecule has 0 amide bonds. The number of likely N-dealkylation sites (N-methyl/N-ethyl adjacent to an activating group) is 1. The second-order valence-corrected chi connectivity index (χ2v) is 3.45. The van der Waals surface area contributed by atoms with E-state index in [1.807, 2.05) is 19.9 Å². The van der Waals surface area contributed by atoms with Crippen molar-refractivity contribution in [3.05, 3.63) is 11.6 Å². The van der Waals surface area contributed by atoms with Gasteiger partial charge in [0.1, 0.15) is 0 Å². The van der Waals surface area contributed by atoms with Gasteiger partial charge in [-0.2, -0.15) is 0 Å². The number of nitrogens with zero attached hydrogens (tertiary/aromatic N) is 1. The van der Waals surface area contributed by atoms with Gasteiger partial charge in [0.05, 0.1) is 0 Å². The molecule has 1 aliphatic rings. The van der Waals surface area contributed by atoms with Gasteiger partial charge in [0.25, 0.3) is 0 Å². The Kier molecular flexibility index (Phi) is 6.88. The van der Waals surface area contributed by atoms with Crippen molar-refractivity contribution in [3.63, 3.8) is 0 Å². The van der Waals surface area contributed by atoms with Crippen LogP contribution in [0.3, 0.4) is 0 Å². The molecule has 15 heavy (non-hydrogen) atoms. The first-order chi connectivity index (χ1) is 7.13. The van der Waals surface area contributed by atoms with Crippen LogP contribution in [0.4, 0.5) is 0 Å². The summed E-state index contributed by atoms with van der Waals surface area (Å²) in [4.78, 5) is 2.30. The van der Waals surface area contributed by atoms with E-state index in [2.05, 4.69) is 11.8 Å². The van der Waals surface area contributed by atoms with Crippen molar-refractivity contribution in [3.8, 4) is 0 Å². The highest BCUT2D eigenvalue weighted by Crippen LogP contribution is 2.11. The normalized spacial score (nSPS) is 19.7. The summed E-state index contributed by atoms with van der Waals surface area (Å²) in [5, 5.41) is 15.1. The lowest BCUT2D eigenvalue weighted by atomic mass is 10.0. The van der Waals surface area contributed by atoms with Gasteiger partial charge in [0.15, 0.2) is 0 Å². The Morgan fingerprint density at radius 1 is 1.47 bits per heavy atom. The molecule has 0 spiro atoms. The number of hydrogen-bond acceptors (Lipinski definition) is 3. The third kappa shape index (κ3) is 4.88. The molecule has 0 radical (unpaired) electrons. The average molecular weight is 209 g/mol. The van der Waals surface area contributed by atoms with Gasteiger partial charge in [-0.3, -0.25) is 4.90 Å². The zero-order valence-corrected chi connectivity index (χ0v) is 10.4. The Hall–Kier alpha value is -0.960. The zero-order chi connectivity index (χ0) is 11.8. The molecule has 1 aliphatic heterocycles. The monoisotopic (exact) mass is 209 g/mol. The summed E-state index contributed by atoms with van der Waals surface area (Å²) in [6.45, 7) is 10.7. The maximum absolute atomic E-state index is 7.71. The minimum absolute atomic E-state index is 0.540. The highest BCUT2D eigenvalue weighted by Gasteiger charge is 2.16. The molecular weight excluding hydrogens is 186 g/mol. The molecule has 0 atom stereocenters. The van der Waals surface area contributed by atoms with Crippen LogP contribution >= 0.6 is 0 Å². The lowest BCUT2D eigenvalue weighted by molar-refractivity contribution is 0.314. The summed E-state index contributed by atoms with van der Waals surface area (Å²) >= 11 is 0. The standard InChI is InChI=1S/C10H17N3.C2H6/c1-3-13-5-4-10(12)9(7-13)6-8(2)11;1-2/h6,11-12H,3-5,7H2,1-2H3;1-2H3/b9-6-,11-8?,12-10?;. The van der Waals surface area contributed by atoms with E-state index in [9.17, 15) is 0 Å². The van der Waals surface area contributed by atoms with Crippen molar-refractivity contribution in [2.75, 3.05) is 19.6 Å². The van der Waals surface area contributed by atoms with Gasteiger partial charge in [0, 0.05) is 30.9 Å². The van der Waals surface area contributed by atoms with Crippen molar-refractivity contribution in [2.45, 2.75) is 34.1 Å². The van der Waals surface area contributed by atoms with E-state index >= 15 is 0 Å². The molecule has 0 aromatic rings. The molecule has 1 heterocycles. The molecule has 3 nitrogen and oxygen atoms in total. The largest absolute Gasteiger partial charge is 0.306 e. The smallest absolute Gasteiger partial charge is 0.0372 e. The molecule has 0 bridgehead atoms. The fraction of sp³-hybridized carbons (Fsp3) is 0.667. The van der Waals surface area contributed by atoms with Crippen LogP contribution in [0.15, 0.2) is 11.6 Å². The van der Waals surface area contributed by atoms with Gasteiger partial charge < -0.3 is 10.8 Å². The van der Waals surface area contributed by atoms with Crippen LogP contribution in [0, 0.1) is 10.8 Å². The van der Waals surface area contributed by atoms with Crippen LogP contribution in [-0.4, -0.2) is 36.0 Å². The summed E-state index contributed by atoms with van der Waals surface area (Å²) in [5.41, 5.74) is 2.26. The first-order valence-corrected chi connectivity index (χ1v) is 5.69. The highest BCUT2D eigenvalue weighted by molar-refractivity contribution is 6.05. The van der Waals surface area contributed by atoms with E-state index < -0.39 is 0 Å². The molecule has 1 fully saturated rings. The van der Waals surface area contributed by atoms with Crippen LogP contribution in [-0.2, 0) is 0 Å². The molecule has 1 saturated heterocycles. The molecule has 0 unspecified atom stereocenters. The number of rotatable bonds is 2. The van der Waals surface area contributed by atoms with E-state index in [0.29, 0.717) is 11.4 Å². The van der Waals surface area contributed by atoms with Crippen LogP contribution in [0.1, 0.15) is 34.1 Å². The van der Waals surface area contributed by atoms with Crippen molar-refractivity contribution in [2.24, 2.45) is 0 Å². The van der Waals surface area contributed by atoms with Crippen LogP contribution in [0.25, 0.3) is 0 Å². The van der Waals surface area contributed by atoms with E-state index in [1.165, 1.54) is 0 Å². The Balaban J connectivity index is 0.000000921. The number of likely N-dealkylation sites (tertiary alicyclic amines) is 1. The van der Waals surface area contributed by atoms with Crippen molar-refractivity contribution in [1.29, 1.82) is 10.8 Å². The SMILES string of the molecule is CC.CCN1CCC(=N)/C(=C\C(C)=N)C1. The van der Waals surface area contributed by atoms with Crippen LogP contribution < -0.4 is 0 Å². The first-order valence-electron chi connectivity index (χ1n) is 5.69. The summed E-state index contributed by atoms with van der Waals surface area (Å²) in [5.74, 6) is 0. The van der Waals surface area contributed by atoms with Crippen LogP contribution in [0.2, 0.25) is 0 Å². The molecule has 86 valence electrons. The number of nitrogens with one attached hydrogen (secondary N) is 2. The second kappa shape index (κ2) is 7.35. The Morgan fingerprint density at radius 3 is 2.53 bits per heavy atom. The lowest BCUT2D eigenvalue weighted by Crippen LogP contribution is -2.35. The fourth-order valence-electron chi connectivity index (χ4n) is 1.51. The molecule has 0 aromatic heterocycles. The molecule has 3 heteroatoms. The Bertz CT molecular complexity index is 254. The number of allylic oxidation sites excluding steroid dienone is 1. The van der Waals surface area contributed by atoms with Crippen molar-refractivity contribution < 1.29 is 0 Å². The lowest BCUT2D eigenvalue weighted by Gasteiger charge is -2.27. The van der Waals surface area contributed by atoms with Gasteiger partial charge in [0.2, 0.25) is 0 Å². The molecule has 0 saturated carbocycles. The van der Waals surface area contributed by atoms with E-state index in [0.717, 1.165) is 31.6 Å². The van der Waals surface area contributed by atoms with Gasteiger partial charge in [-0.1, -0.05) is 20.8 Å². The zero-order valence-electron chi connectivity index (χ0n) is 10.4. The van der Waals surface area contributed by atoms with Crippen molar-refractivity contribution >= 4 is 11.4 Å². The summed E-state index contributed by atoms with van der Waals surface area (Å²) in [6, 6.07) is 0. The molecule has 1 rings (SSSR count). The highest BCUT2D eigenvalue weighted by atomic mass is 15.1. The molecular formula is C12H23N3. The summed E-state index contributed by atoms with van der Waals surface area (Å²) in [7, 11) is 0. The molecule has 0 aromatic carbocycles. The minimum Gasteiger partial charge on any atom is -0.306 e. The Morgan fingerprint density at radius 2 is 2.07 bits per heavy atom. The quantitative estimate of drug-likeness (QED) is 0.675. The summed E-state index contributed by atoms with van der Waals surface area (Å²) in [6.07, 6.45) is 2.64. The predicted octanol–water partition coefficient (Wildman–Crippen LogP) is 2.72. The molecule has 2 N–H and O–H groups in total. The van der Waals surface area contributed by atoms with Crippen LogP contribution in [0.5, 0.6) is 0 Å². The van der Waals surface area contributed by atoms with Crippen molar-refractivity contribution in [1.82, 2.24) is 4.90 Å². The maximum atomic E-state index is 7.71. The van der Waals surface area contributed by atoms with E-state index in [4.69, 9.17) is 10.8 Å². The Labute approximate surface area is 93.2 Å². The topological polar surface area (TPSA) is 50.9 Å². The van der Waals surface area contributed by atoms with Gasteiger partial charge in [-0.25, -0.2) is 0 Å². The minimum atomic E-state index is 0.540. The summed E-state index contributed by atoms with van der Waals surface area (Å²) < 4.78 is 0. The van der Waals surface area contributed by atoms with Gasteiger partial charge in [-0.05, 0) is 25.1 Å². The predicted molar refractivity (Wildman–Crippen MR) is 67.3 cm³/mol. The number of hydrogen-bond donors (Lipinski definition) is 2. The van der Waals surface area contributed by atoms with E-state index in [1.54, 1.807) is 6.92 Å². The van der Waals surface area contributed by atoms with E-state index in [-0.39, 0.29) is 0 Å². The maximum Gasteiger partial charge on any atom is 0.0372 e. The molecule has 0 aliphatic carbocycles. The average Bonchev–Trinajstić information content (AvgIpc) is 2.23. The second-order valence-electron chi connectivity index (χ2n) is 3.45. The number of piperidine rings is 1. The first kappa shape index (κ1) is 14.0. The van der Waals surface area contributed by atoms with Gasteiger partial charge in [-0.15, -0.1) is 0 Å². The third-order valence-electron chi connectivity index (χ3n) is 2.30.